The number of alkyl halides is 1. The van der Waals surface area contributed by atoms with Gasteiger partial charge in [0, 0.05) is 6.04 Å². The number of halogens is 1. The fourth-order valence-electron chi connectivity index (χ4n) is 2.35. The van der Waals surface area contributed by atoms with Crippen molar-refractivity contribution in [2.45, 2.75) is 42.8 Å². The summed E-state index contributed by atoms with van der Waals surface area (Å²) in [5, 5.41) is 9.99. The Morgan fingerprint density at radius 1 is 1.45 bits per heavy atom. The van der Waals surface area contributed by atoms with Crippen LogP contribution in [0, 0.1) is 0 Å². The molecule has 64 valence electrons. The van der Waals surface area contributed by atoms with Crippen molar-refractivity contribution in [2.75, 3.05) is 7.05 Å². The Morgan fingerprint density at radius 3 is 2.82 bits per heavy atom. The third kappa shape index (κ3) is 0.930. The van der Waals surface area contributed by atoms with E-state index < -0.39 is 5.72 Å². The zero-order valence-corrected chi connectivity index (χ0v) is 7.51. The minimum absolute atomic E-state index is 0.0637. The van der Waals surface area contributed by atoms with Crippen LogP contribution in [-0.4, -0.2) is 34.2 Å². The smallest absolute Gasteiger partial charge is 0.135 e. The second kappa shape index (κ2) is 2.35. The average molecular weight is 176 g/mol. The third-order valence-corrected chi connectivity index (χ3v) is 3.83. The lowest BCUT2D eigenvalue weighted by atomic mass is 10.0. The number of hydrogen-bond donors (Lipinski definition) is 1. The summed E-state index contributed by atoms with van der Waals surface area (Å²) in [5.41, 5.74) is -0.690. The fourth-order valence-corrected chi connectivity index (χ4v) is 2.74. The molecular weight excluding hydrogens is 162 g/mol. The predicted molar refractivity (Wildman–Crippen MR) is 44.6 cm³/mol. The van der Waals surface area contributed by atoms with Crippen LogP contribution in [0.1, 0.15) is 25.7 Å². The summed E-state index contributed by atoms with van der Waals surface area (Å²) in [6.45, 7) is 0. The molecule has 0 aromatic carbocycles. The molecule has 2 aliphatic rings. The molecule has 0 aliphatic carbocycles. The van der Waals surface area contributed by atoms with Gasteiger partial charge in [-0.2, -0.15) is 0 Å². The van der Waals surface area contributed by atoms with E-state index in [1.807, 2.05) is 11.9 Å². The second-order valence-electron chi connectivity index (χ2n) is 3.73. The van der Waals surface area contributed by atoms with E-state index in [1.165, 1.54) is 0 Å². The van der Waals surface area contributed by atoms with Gasteiger partial charge < -0.3 is 5.11 Å². The van der Waals surface area contributed by atoms with Crippen molar-refractivity contribution < 1.29 is 5.11 Å². The molecular formula is C8H14ClNO. The highest BCUT2D eigenvalue weighted by molar-refractivity contribution is 6.21. The number of nitrogens with zero attached hydrogens (tertiary/aromatic N) is 1. The summed E-state index contributed by atoms with van der Waals surface area (Å²) in [4.78, 5) is 2.05. The van der Waals surface area contributed by atoms with Crippen molar-refractivity contribution in [3.05, 3.63) is 0 Å². The van der Waals surface area contributed by atoms with Crippen molar-refractivity contribution >= 4 is 11.6 Å². The molecule has 2 nitrogen and oxygen atoms in total. The molecule has 1 unspecified atom stereocenters. The maximum atomic E-state index is 10.1. The molecule has 3 heteroatoms. The van der Waals surface area contributed by atoms with E-state index >= 15 is 0 Å². The second-order valence-corrected chi connectivity index (χ2v) is 4.25. The number of hydrogen-bond acceptors (Lipinski definition) is 2. The van der Waals surface area contributed by atoms with E-state index in [-0.39, 0.29) is 5.38 Å². The zero-order valence-electron chi connectivity index (χ0n) is 6.76. The summed E-state index contributed by atoms with van der Waals surface area (Å²) in [6, 6.07) is 0.579. The highest BCUT2D eigenvalue weighted by Gasteiger charge is 2.50. The lowest BCUT2D eigenvalue weighted by molar-refractivity contribution is -0.100. The van der Waals surface area contributed by atoms with Gasteiger partial charge in [-0.05, 0) is 32.7 Å². The van der Waals surface area contributed by atoms with Gasteiger partial charge in [-0.25, -0.2) is 0 Å². The highest BCUT2D eigenvalue weighted by atomic mass is 35.5. The minimum atomic E-state index is -0.690. The summed E-state index contributed by atoms with van der Waals surface area (Å²) < 4.78 is 0. The van der Waals surface area contributed by atoms with Crippen LogP contribution in [0.5, 0.6) is 0 Å². The van der Waals surface area contributed by atoms with Gasteiger partial charge in [-0.15, -0.1) is 11.6 Å². The highest BCUT2D eigenvalue weighted by Crippen LogP contribution is 2.43. The lowest BCUT2D eigenvalue weighted by Crippen LogP contribution is -2.54. The Balaban J connectivity index is 2.26. The molecule has 3 atom stereocenters. The van der Waals surface area contributed by atoms with Crippen LogP contribution in [0.15, 0.2) is 0 Å². The third-order valence-electron chi connectivity index (χ3n) is 3.26. The number of fused-ring (bicyclic) bond motifs is 2. The van der Waals surface area contributed by atoms with Crippen LogP contribution in [0.25, 0.3) is 0 Å². The molecule has 1 N–H and O–H groups in total. The van der Waals surface area contributed by atoms with Crippen molar-refractivity contribution in [1.29, 1.82) is 0 Å². The first kappa shape index (κ1) is 7.84. The van der Waals surface area contributed by atoms with Crippen LogP contribution in [0.2, 0.25) is 0 Å². The summed E-state index contributed by atoms with van der Waals surface area (Å²) in [7, 11) is 1.98. The minimum Gasteiger partial charge on any atom is -0.374 e. The van der Waals surface area contributed by atoms with E-state index in [1.54, 1.807) is 0 Å². The number of rotatable bonds is 0. The molecule has 11 heavy (non-hydrogen) atoms. The van der Waals surface area contributed by atoms with Crippen LogP contribution in [0.4, 0.5) is 0 Å². The van der Waals surface area contributed by atoms with Gasteiger partial charge in [0.2, 0.25) is 0 Å². The van der Waals surface area contributed by atoms with Gasteiger partial charge >= 0.3 is 0 Å². The molecule has 0 amide bonds. The molecule has 0 saturated carbocycles. The average Bonchev–Trinajstić information content (AvgIpc) is 2.16. The quantitative estimate of drug-likeness (QED) is 0.559. The molecule has 0 spiro atoms. The Hall–Kier alpha value is 0.210. The molecule has 0 aromatic rings. The first-order valence-electron chi connectivity index (χ1n) is 4.24. The Kier molecular flexibility index (Phi) is 1.67. The van der Waals surface area contributed by atoms with Crippen LogP contribution < -0.4 is 0 Å². The molecule has 2 saturated heterocycles. The molecule has 2 heterocycles. The molecule has 2 fully saturated rings. The van der Waals surface area contributed by atoms with E-state index in [4.69, 9.17) is 11.6 Å². The van der Waals surface area contributed by atoms with Gasteiger partial charge in [-0.3, -0.25) is 4.90 Å². The molecule has 2 aliphatic heterocycles. The van der Waals surface area contributed by atoms with E-state index in [9.17, 15) is 5.11 Å². The fraction of sp³-hybridized carbons (Fsp3) is 1.00. The molecule has 0 aromatic heterocycles. The maximum absolute atomic E-state index is 10.1. The van der Waals surface area contributed by atoms with Crippen molar-refractivity contribution in [3.63, 3.8) is 0 Å². The Labute approximate surface area is 72.1 Å². The molecule has 2 rings (SSSR count). The van der Waals surface area contributed by atoms with Crippen molar-refractivity contribution in [2.24, 2.45) is 0 Å². The van der Waals surface area contributed by atoms with E-state index in [0.717, 1.165) is 25.7 Å². The topological polar surface area (TPSA) is 23.5 Å². The predicted octanol–water partition coefficient (Wildman–Crippen LogP) is 1.17. The standard InChI is InChI=1S/C8H14ClNO/c1-10-6-2-3-7(9)8(10,11)5-4-6/h6-7,11H,2-5H2,1H3/t6-,7?,8+/m1/s1. The summed E-state index contributed by atoms with van der Waals surface area (Å²) in [5.74, 6) is 0. The van der Waals surface area contributed by atoms with E-state index in [0.29, 0.717) is 6.04 Å². The maximum Gasteiger partial charge on any atom is 0.135 e. The molecule has 2 bridgehead atoms. The Morgan fingerprint density at radius 2 is 2.18 bits per heavy atom. The monoisotopic (exact) mass is 175 g/mol. The van der Waals surface area contributed by atoms with Gasteiger partial charge in [0.05, 0.1) is 5.38 Å². The largest absolute Gasteiger partial charge is 0.374 e. The summed E-state index contributed by atoms with van der Waals surface area (Å²) in [6.07, 6.45) is 4.07. The van der Waals surface area contributed by atoms with Gasteiger partial charge in [0.25, 0.3) is 0 Å². The van der Waals surface area contributed by atoms with Crippen molar-refractivity contribution in [1.82, 2.24) is 4.90 Å². The zero-order chi connectivity index (χ0) is 8.06. The number of piperidine rings is 1. The van der Waals surface area contributed by atoms with Crippen LogP contribution >= 0.6 is 11.6 Å². The van der Waals surface area contributed by atoms with Gasteiger partial charge in [0.1, 0.15) is 5.72 Å². The number of aliphatic hydroxyl groups is 1. The van der Waals surface area contributed by atoms with E-state index in [2.05, 4.69) is 0 Å². The van der Waals surface area contributed by atoms with Gasteiger partial charge in [0.15, 0.2) is 0 Å². The van der Waals surface area contributed by atoms with Gasteiger partial charge in [-0.1, -0.05) is 0 Å². The summed E-state index contributed by atoms with van der Waals surface area (Å²) >= 11 is 6.05. The normalized spacial score (nSPS) is 51.5. The first-order chi connectivity index (χ1) is 5.14. The first-order valence-corrected chi connectivity index (χ1v) is 4.67. The molecule has 0 radical (unpaired) electrons. The SMILES string of the molecule is CN1[C@@H]2CCC(Cl)[C@@]1(O)CC2. The van der Waals surface area contributed by atoms with Crippen LogP contribution in [-0.2, 0) is 0 Å². The van der Waals surface area contributed by atoms with Crippen molar-refractivity contribution in [3.8, 4) is 0 Å². The lowest BCUT2D eigenvalue weighted by Gasteiger charge is -2.41. The van der Waals surface area contributed by atoms with Crippen LogP contribution in [0.3, 0.4) is 0 Å². The Bertz CT molecular complexity index is 173.